The Morgan fingerprint density at radius 3 is 2.62 bits per heavy atom. The Morgan fingerprint density at radius 1 is 1.14 bits per heavy atom. The largest absolute Gasteiger partial charge is 0.478 e. The van der Waals surface area contributed by atoms with Crippen molar-refractivity contribution in [3.8, 4) is 0 Å². The van der Waals surface area contributed by atoms with Crippen molar-refractivity contribution in [2.45, 2.75) is 71.0 Å². The van der Waals surface area contributed by atoms with Gasteiger partial charge in [-0.15, -0.1) is 0 Å². The second-order valence-electron chi connectivity index (χ2n) is 9.84. The number of allylic oxidation sites excluding steroid dienone is 1. The maximum Gasteiger partial charge on any atom is 0.331 e. The molecule has 158 valence electrons. The van der Waals surface area contributed by atoms with E-state index in [4.69, 9.17) is 9.84 Å². The number of hydrogen-bond acceptors (Lipinski definition) is 5. The predicted molar refractivity (Wildman–Crippen MR) is 105 cm³/mol. The van der Waals surface area contributed by atoms with Crippen LogP contribution in [0.15, 0.2) is 23.8 Å². The number of carboxylic acid groups (broad SMARTS) is 1. The fraction of sp³-hybridized carbons (Fsp3) is 0.696. The summed E-state index contributed by atoms with van der Waals surface area (Å²) >= 11 is 0. The van der Waals surface area contributed by atoms with Crippen LogP contribution in [-0.4, -0.2) is 40.1 Å². The van der Waals surface area contributed by atoms with E-state index in [1.807, 2.05) is 0 Å². The zero-order valence-electron chi connectivity index (χ0n) is 17.1. The van der Waals surface area contributed by atoms with Crippen molar-refractivity contribution in [1.29, 1.82) is 0 Å². The summed E-state index contributed by atoms with van der Waals surface area (Å²) in [5, 5.41) is 19.2. The fourth-order valence-corrected chi connectivity index (χ4v) is 6.99. The molecule has 0 heterocycles. The third kappa shape index (κ3) is 3.25. The molecule has 29 heavy (non-hydrogen) atoms. The highest BCUT2D eigenvalue weighted by Gasteiger charge is 2.59. The molecular formula is C23H30O6. The first-order valence-electron chi connectivity index (χ1n) is 10.7. The molecule has 4 aliphatic rings. The molecule has 2 N–H and O–H groups in total. The summed E-state index contributed by atoms with van der Waals surface area (Å²) in [7, 11) is 0. The number of aliphatic hydroxyl groups excluding tert-OH is 1. The van der Waals surface area contributed by atoms with Crippen LogP contribution < -0.4 is 0 Å². The van der Waals surface area contributed by atoms with Gasteiger partial charge in [-0.2, -0.15) is 0 Å². The van der Waals surface area contributed by atoms with E-state index in [9.17, 15) is 19.5 Å². The van der Waals surface area contributed by atoms with Crippen LogP contribution in [0.1, 0.15) is 58.8 Å². The van der Waals surface area contributed by atoms with Crippen LogP contribution in [0.25, 0.3) is 0 Å². The number of esters is 1. The predicted octanol–water partition coefficient (Wildman–Crippen LogP) is 3.04. The van der Waals surface area contributed by atoms with Crippen LogP contribution in [0.5, 0.6) is 0 Å². The minimum Gasteiger partial charge on any atom is -0.478 e. The van der Waals surface area contributed by atoms with E-state index in [0.717, 1.165) is 50.7 Å². The lowest BCUT2D eigenvalue weighted by Crippen LogP contribution is -2.53. The van der Waals surface area contributed by atoms with Crippen molar-refractivity contribution in [2.24, 2.45) is 28.6 Å². The van der Waals surface area contributed by atoms with Crippen LogP contribution in [0.4, 0.5) is 0 Å². The Morgan fingerprint density at radius 2 is 1.90 bits per heavy atom. The molecule has 0 radical (unpaired) electrons. The van der Waals surface area contributed by atoms with Gasteiger partial charge in [0.25, 0.3) is 0 Å². The Hall–Kier alpha value is -1.95. The number of carbonyl (C=O) groups excluding carboxylic acids is 2. The van der Waals surface area contributed by atoms with Gasteiger partial charge in [-0.1, -0.05) is 19.4 Å². The lowest BCUT2D eigenvalue weighted by molar-refractivity contribution is -0.154. The number of hydrogen-bond donors (Lipinski definition) is 2. The number of rotatable bonds is 3. The van der Waals surface area contributed by atoms with Crippen LogP contribution in [0.3, 0.4) is 0 Å². The number of ketones is 1. The summed E-state index contributed by atoms with van der Waals surface area (Å²) in [6.45, 7) is 4.44. The monoisotopic (exact) mass is 402 g/mol. The smallest absolute Gasteiger partial charge is 0.331 e. The van der Waals surface area contributed by atoms with Gasteiger partial charge in [-0.05, 0) is 73.2 Å². The minimum absolute atomic E-state index is 0.00325. The lowest BCUT2D eigenvalue weighted by Gasteiger charge is -2.58. The van der Waals surface area contributed by atoms with Gasteiger partial charge in [0.1, 0.15) is 0 Å². The SMILES string of the molecule is C[C@]12CC(OC(=O)/C=C\C(=O)O)C(=O)C=C1CCC1C2CC[C@@]2(C)C1CC[C@@H]2O. The minimum atomic E-state index is -1.23. The standard InChI is InChI=1S/C23H30O6/c1-22-10-9-16-14(15(22)5-6-19(22)25)4-3-13-11-17(24)18(12-23(13,16)2)29-21(28)8-7-20(26)27/h7-8,11,14-16,18-19,25H,3-6,9-10,12H2,1-2H3,(H,26,27)/b8-7-/t14?,15?,16?,18?,19-,22-,23-/m0/s1. The second kappa shape index (κ2) is 7.08. The summed E-state index contributed by atoms with van der Waals surface area (Å²) in [5.41, 5.74) is 0.962. The molecular weight excluding hydrogens is 372 g/mol. The molecule has 0 aliphatic heterocycles. The molecule has 0 saturated heterocycles. The van der Waals surface area contributed by atoms with Crippen molar-refractivity contribution in [3.05, 3.63) is 23.8 Å². The van der Waals surface area contributed by atoms with Gasteiger partial charge in [0.05, 0.1) is 6.10 Å². The molecule has 3 saturated carbocycles. The topological polar surface area (TPSA) is 101 Å². The Labute approximate surface area is 171 Å². The molecule has 6 heteroatoms. The first-order valence-corrected chi connectivity index (χ1v) is 10.7. The van der Waals surface area contributed by atoms with Crippen LogP contribution in [0, 0.1) is 28.6 Å². The van der Waals surface area contributed by atoms with E-state index in [-0.39, 0.29) is 22.7 Å². The maximum absolute atomic E-state index is 12.6. The van der Waals surface area contributed by atoms with Crippen LogP contribution >= 0.6 is 0 Å². The Balaban J connectivity index is 1.56. The Bertz CT molecular complexity index is 797. The number of carbonyl (C=O) groups is 3. The van der Waals surface area contributed by atoms with E-state index < -0.39 is 18.0 Å². The highest BCUT2D eigenvalue weighted by Crippen LogP contribution is 2.65. The third-order valence-corrected chi connectivity index (χ3v) is 8.55. The summed E-state index contributed by atoms with van der Waals surface area (Å²) in [4.78, 5) is 35.1. The van der Waals surface area contributed by atoms with E-state index in [2.05, 4.69) is 13.8 Å². The molecule has 0 bridgehead atoms. The van der Waals surface area contributed by atoms with Crippen molar-refractivity contribution in [3.63, 3.8) is 0 Å². The van der Waals surface area contributed by atoms with Crippen LogP contribution in [-0.2, 0) is 19.1 Å². The number of fused-ring (bicyclic) bond motifs is 5. The van der Waals surface area contributed by atoms with Gasteiger partial charge in [0.15, 0.2) is 11.9 Å². The average Bonchev–Trinajstić information content (AvgIpc) is 2.96. The second-order valence-corrected chi connectivity index (χ2v) is 9.84. The lowest BCUT2D eigenvalue weighted by atomic mass is 9.47. The molecule has 0 spiro atoms. The summed E-state index contributed by atoms with van der Waals surface area (Å²) in [6.07, 6.45) is 8.49. The molecule has 0 aromatic heterocycles. The van der Waals surface area contributed by atoms with Gasteiger partial charge in [0.2, 0.25) is 0 Å². The number of ether oxygens (including phenoxy) is 1. The van der Waals surface area contributed by atoms with Crippen molar-refractivity contribution in [1.82, 2.24) is 0 Å². The van der Waals surface area contributed by atoms with Crippen molar-refractivity contribution >= 4 is 17.7 Å². The Kier molecular flexibility index (Phi) is 4.96. The maximum atomic E-state index is 12.6. The summed E-state index contributed by atoms with van der Waals surface area (Å²) in [6, 6.07) is 0. The van der Waals surface area contributed by atoms with Gasteiger partial charge < -0.3 is 14.9 Å². The highest BCUT2D eigenvalue weighted by atomic mass is 16.5. The third-order valence-electron chi connectivity index (χ3n) is 8.55. The normalized spacial score (nSPS) is 43.9. The number of aliphatic carboxylic acids is 1. The van der Waals surface area contributed by atoms with E-state index in [0.29, 0.717) is 24.2 Å². The summed E-state index contributed by atoms with van der Waals surface area (Å²) < 4.78 is 5.35. The van der Waals surface area contributed by atoms with E-state index in [1.165, 1.54) is 5.57 Å². The summed E-state index contributed by atoms with van der Waals surface area (Å²) in [5.74, 6) is -0.796. The number of aliphatic hydroxyl groups is 1. The van der Waals surface area contributed by atoms with E-state index >= 15 is 0 Å². The van der Waals surface area contributed by atoms with Gasteiger partial charge in [-0.3, -0.25) is 4.79 Å². The van der Waals surface area contributed by atoms with E-state index in [1.54, 1.807) is 6.08 Å². The van der Waals surface area contributed by atoms with Gasteiger partial charge >= 0.3 is 11.9 Å². The molecule has 7 atom stereocenters. The zero-order valence-corrected chi connectivity index (χ0v) is 17.1. The highest BCUT2D eigenvalue weighted by molar-refractivity contribution is 5.98. The van der Waals surface area contributed by atoms with Crippen LogP contribution in [0.2, 0.25) is 0 Å². The molecule has 6 nitrogen and oxygen atoms in total. The molecule has 4 aliphatic carbocycles. The first kappa shape index (κ1) is 20.3. The molecule has 0 amide bonds. The fourth-order valence-electron chi connectivity index (χ4n) is 6.99. The molecule has 4 rings (SSSR count). The molecule has 3 fully saturated rings. The molecule has 0 aromatic carbocycles. The van der Waals surface area contributed by atoms with Crippen molar-refractivity contribution in [2.75, 3.05) is 0 Å². The zero-order chi connectivity index (χ0) is 21.0. The molecule has 4 unspecified atom stereocenters. The number of carboxylic acids is 1. The van der Waals surface area contributed by atoms with Gasteiger partial charge in [-0.25, -0.2) is 9.59 Å². The first-order chi connectivity index (χ1) is 13.6. The van der Waals surface area contributed by atoms with Crippen molar-refractivity contribution < 1.29 is 29.3 Å². The quantitative estimate of drug-likeness (QED) is 0.556. The average molecular weight is 402 g/mol. The molecule has 0 aromatic rings. The van der Waals surface area contributed by atoms with Gasteiger partial charge in [0, 0.05) is 18.6 Å².